The lowest BCUT2D eigenvalue weighted by Gasteiger charge is -2.42. The first kappa shape index (κ1) is 26.2. The Balaban J connectivity index is 1.44. The van der Waals surface area contributed by atoms with Crippen molar-refractivity contribution in [2.45, 2.75) is 51.4 Å². The van der Waals surface area contributed by atoms with Gasteiger partial charge in [-0.2, -0.15) is 0 Å². The van der Waals surface area contributed by atoms with Crippen molar-refractivity contribution in [3.63, 3.8) is 0 Å². The number of para-hydroxylation sites is 4. The van der Waals surface area contributed by atoms with Crippen LogP contribution in [0, 0.1) is 0 Å². The van der Waals surface area contributed by atoms with E-state index in [4.69, 9.17) is 0 Å². The van der Waals surface area contributed by atoms with E-state index in [1.807, 2.05) is 0 Å². The van der Waals surface area contributed by atoms with Gasteiger partial charge < -0.3 is 9.13 Å². The maximum absolute atomic E-state index is 2.57. The van der Waals surface area contributed by atoms with Gasteiger partial charge in [-0.25, -0.2) is 0 Å². The van der Waals surface area contributed by atoms with Crippen molar-refractivity contribution in [1.82, 2.24) is 9.13 Å². The third kappa shape index (κ3) is 3.17. The summed E-state index contributed by atoms with van der Waals surface area (Å²) in [5, 5.41) is 5.46. The van der Waals surface area contributed by atoms with Crippen LogP contribution < -0.4 is 0 Å². The minimum atomic E-state index is 0.331. The summed E-state index contributed by atoms with van der Waals surface area (Å²) in [6.07, 6.45) is 0. The molecule has 2 nitrogen and oxygen atoms in total. The smallest absolute Gasteiger partial charge is 0.0582 e. The second kappa shape index (κ2) is 9.23. The zero-order valence-electron chi connectivity index (χ0n) is 26.8. The van der Waals surface area contributed by atoms with E-state index in [-0.39, 0.29) is 0 Å². The van der Waals surface area contributed by atoms with Crippen LogP contribution in [-0.2, 0) is 0 Å². The lowest BCUT2D eigenvalue weighted by molar-refractivity contribution is 0.584. The molecule has 222 valence electrons. The highest BCUT2D eigenvalue weighted by Gasteiger charge is 2.42. The molecule has 2 aromatic heterocycles. The van der Waals surface area contributed by atoms with Gasteiger partial charge in [0.2, 0.25) is 0 Å². The summed E-state index contributed by atoms with van der Waals surface area (Å²) in [5.74, 6) is 1.49. The first-order valence-corrected chi connectivity index (χ1v) is 16.9. The van der Waals surface area contributed by atoms with Gasteiger partial charge in [-0.05, 0) is 106 Å². The third-order valence-corrected chi connectivity index (χ3v) is 11.7. The summed E-state index contributed by atoms with van der Waals surface area (Å²) < 4.78 is 5.10. The third-order valence-electron chi connectivity index (χ3n) is 11.7. The maximum Gasteiger partial charge on any atom is 0.0582 e. The zero-order valence-corrected chi connectivity index (χ0v) is 26.8. The summed E-state index contributed by atoms with van der Waals surface area (Å²) >= 11 is 0. The molecule has 0 bridgehead atoms. The predicted octanol–water partition coefficient (Wildman–Crippen LogP) is 12.0. The van der Waals surface area contributed by atoms with Gasteiger partial charge in [-0.3, -0.25) is 0 Å². The number of rotatable bonds is 2. The quantitative estimate of drug-likeness (QED) is 0.189. The van der Waals surface area contributed by atoms with Crippen molar-refractivity contribution in [2.75, 3.05) is 0 Å². The van der Waals surface area contributed by atoms with Crippen molar-refractivity contribution in [2.24, 2.45) is 0 Å². The molecule has 2 heterocycles. The van der Waals surface area contributed by atoms with Crippen LogP contribution in [0.2, 0.25) is 0 Å². The molecule has 2 aliphatic carbocycles. The average molecular weight is 593 g/mol. The number of aromatic nitrogens is 2. The molecule has 46 heavy (non-hydrogen) atoms. The van der Waals surface area contributed by atoms with E-state index in [1.165, 1.54) is 88.4 Å². The molecule has 2 heteroatoms. The summed E-state index contributed by atoms with van der Waals surface area (Å²) in [5.41, 5.74) is 16.9. The summed E-state index contributed by atoms with van der Waals surface area (Å²) in [4.78, 5) is 0. The summed E-state index contributed by atoms with van der Waals surface area (Å²) in [6, 6.07) is 45.2. The van der Waals surface area contributed by atoms with Crippen LogP contribution in [0.25, 0.3) is 66.1 Å². The van der Waals surface area contributed by atoms with E-state index < -0.39 is 0 Å². The Morgan fingerprint density at radius 2 is 0.761 bits per heavy atom. The second-order valence-electron chi connectivity index (χ2n) is 13.8. The molecule has 0 amide bonds. The van der Waals surface area contributed by atoms with Crippen LogP contribution in [0.4, 0.5) is 0 Å². The van der Waals surface area contributed by atoms with Gasteiger partial charge in [0.1, 0.15) is 0 Å². The van der Waals surface area contributed by atoms with Crippen molar-refractivity contribution in [3.8, 4) is 22.5 Å². The van der Waals surface area contributed by atoms with Gasteiger partial charge in [0.25, 0.3) is 0 Å². The fraction of sp³-hybridized carbons (Fsp3) is 0.182. The summed E-state index contributed by atoms with van der Waals surface area (Å²) in [6.45, 7) is 9.91. The van der Waals surface area contributed by atoms with E-state index in [1.54, 1.807) is 0 Å². The number of fused-ring (bicyclic) bond motifs is 8. The fourth-order valence-corrected chi connectivity index (χ4v) is 9.25. The van der Waals surface area contributed by atoms with Gasteiger partial charge in [0.05, 0.1) is 22.1 Å². The lowest BCUT2D eigenvalue weighted by atomic mass is 9.62. The zero-order chi connectivity index (χ0) is 30.8. The Bertz CT molecular complexity index is 2350. The van der Waals surface area contributed by atoms with E-state index in [2.05, 4.69) is 158 Å². The maximum atomic E-state index is 2.57. The first-order chi connectivity index (χ1) is 22.5. The number of nitrogens with zero attached hydrogens (tertiary/aromatic N) is 2. The molecule has 4 unspecified atom stereocenters. The van der Waals surface area contributed by atoms with Gasteiger partial charge in [-0.15, -0.1) is 0 Å². The van der Waals surface area contributed by atoms with Gasteiger partial charge >= 0.3 is 0 Å². The second-order valence-corrected chi connectivity index (χ2v) is 13.8. The Kier molecular flexibility index (Phi) is 5.25. The van der Waals surface area contributed by atoms with Crippen molar-refractivity contribution >= 4 is 43.6 Å². The number of hydrogen-bond donors (Lipinski definition) is 0. The van der Waals surface area contributed by atoms with E-state index in [0.717, 1.165) is 0 Å². The lowest BCUT2D eigenvalue weighted by Crippen LogP contribution is -2.24. The monoisotopic (exact) mass is 592 g/mol. The molecule has 0 N–H and O–H groups in total. The molecule has 0 saturated heterocycles. The number of benzene rings is 6. The highest BCUT2D eigenvalue weighted by atomic mass is 15.0. The van der Waals surface area contributed by atoms with Crippen molar-refractivity contribution < 1.29 is 0 Å². The SMILES string of the molecule is CC1c2cc3c4ccccc4n(-c4ccccc4)c3c3c2-c2c(cc4c5ccccc5n(-c5ccccc5)c4c2C(C)C3C)C1C. The van der Waals surface area contributed by atoms with Gasteiger partial charge in [0.15, 0.2) is 0 Å². The molecule has 0 aliphatic heterocycles. The van der Waals surface area contributed by atoms with E-state index >= 15 is 0 Å². The summed E-state index contributed by atoms with van der Waals surface area (Å²) in [7, 11) is 0. The molecule has 2 aliphatic rings. The van der Waals surface area contributed by atoms with Crippen molar-refractivity contribution in [3.05, 3.63) is 144 Å². The molecule has 0 saturated carbocycles. The van der Waals surface area contributed by atoms with E-state index in [9.17, 15) is 0 Å². The Morgan fingerprint density at radius 1 is 0.391 bits per heavy atom. The normalized spacial score (nSPS) is 20.2. The van der Waals surface area contributed by atoms with Crippen LogP contribution in [0.5, 0.6) is 0 Å². The van der Waals surface area contributed by atoms with Crippen LogP contribution in [0.1, 0.15) is 73.6 Å². The molecule has 10 rings (SSSR count). The van der Waals surface area contributed by atoms with Crippen molar-refractivity contribution in [1.29, 1.82) is 0 Å². The molecular weight excluding hydrogens is 556 g/mol. The minimum Gasteiger partial charge on any atom is -0.309 e. The van der Waals surface area contributed by atoms with Crippen LogP contribution in [0.3, 0.4) is 0 Å². The molecule has 4 atom stereocenters. The highest BCUT2D eigenvalue weighted by Crippen LogP contribution is 2.61. The fourth-order valence-electron chi connectivity index (χ4n) is 9.25. The first-order valence-electron chi connectivity index (χ1n) is 16.9. The van der Waals surface area contributed by atoms with Crippen LogP contribution in [-0.4, -0.2) is 9.13 Å². The minimum absolute atomic E-state index is 0.331. The van der Waals surface area contributed by atoms with Gasteiger partial charge in [-0.1, -0.05) is 100 Å². The molecular formula is C44H36N2. The Labute approximate surface area is 269 Å². The molecule has 0 spiro atoms. The average Bonchev–Trinajstić information content (AvgIpc) is 3.61. The topological polar surface area (TPSA) is 9.86 Å². The van der Waals surface area contributed by atoms with E-state index in [0.29, 0.717) is 23.7 Å². The van der Waals surface area contributed by atoms with Crippen LogP contribution >= 0.6 is 0 Å². The highest BCUT2D eigenvalue weighted by molar-refractivity contribution is 6.16. The molecule has 8 aromatic rings. The standard InChI is InChI=1S/C44H36N2/c1-25-26(2)34-24-36-32-20-12-14-22-38(32)46(30-17-9-6-10-18-30)44(36)40-28(4)27(3)39-41(42(34)40)33(25)23-35-31-19-11-13-21-37(31)45(43(35)39)29-15-7-5-8-16-29/h5-28H,1-4H3. The van der Waals surface area contributed by atoms with Gasteiger partial charge in [0, 0.05) is 32.9 Å². The number of hydrogen-bond acceptors (Lipinski definition) is 0. The molecule has 6 aromatic carbocycles. The molecule has 0 radical (unpaired) electrons. The van der Waals surface area contributed by atoms with Crippen LogP contribution in [0.15, 0.2) is 121 Å². The predicted molar refractivity (Wildman–Crippen MR) is 194 cm³/mol. The Morgan fingerprint density at radius 3 is 1.17 bits per heavy atom. The molecule has 0 fully saturated rings. The largest absolute Gasteiger partial charge is 0.309 e. The Hall–Kier alpha value is -5.08.